The Morgan fingerprint density at radius 1 is 0.818 bits per heavy atom. The van der Waals surface area contributed by atoms with Crippen LogP contribution in [-0.4, -0.2) is 28.4 Å². The highest BCUT2D eigenvalue weighted by atomic mass is 36.0. The fraction of sp³-hybridized carbons (Fsp3) is 0.182. The molecule has 0 aliphatic heterocycles. The minimum Gasteiger partial charge on any atom is -0.390 e. The summed E-state index contributed by atoms with van der Waals surface area (Å²) < 4.78 is 13.0. The number of hydrogen-bond acceptors (Lipinski definition) is 4. The molecule has 6 nitrogen and oxygen atoms in total. The average Bonchev–Trinajstić information content (AvgIpc) is 3.36. The molecule has 0 unspecified atom stereocenters. The van der Waals surface area contributed by atoms with Gasteiger partial charge in [-0.3, -0.25) is 0 Å². The molecular weight excluding hydrogens is 526 g/mol. The maximum Gasteiger partial charge on any atom is 0.211 e. The quantitative estimate of drug-likeness (QED) is 0.255. The van der Waals surface area contributed by atoms with Gasteiger partial charge in [-0.1, -0.05) is 60.7 Å². The molecule has 0 spiro atoms. The van der Waals surface area contributed by atoms with Crippen molar-refractivity contribution >= 4 is 54.6 Å². The number of imidazole rings is 2. The van der Waals surface area contributed by atoms with Gasteiger partial charge in [-0.2, -0.15) is 0 Å². The van der Waals surface area contributed by atoms with E-state index in [1.54, 1.807) is 6.20 Å². The molecule has 1 N–H and O–H groups in total. The van der Waals surface area contributed by atoms with Gasteiger partial charge in [0.1, 0.15) is 11.6 Å². The maximum absolute atomic E-state index is 9.09. The number of aromatic nitrogens is 4. The first-order valence-electron chi connectivity index (χ1n) is 9.42. The van der Waals surface area contributed by atoms with Crippen LogP contribution < -0.4 is 0 Å². The molecule has 0 aliphatic carbocycles. The van der Waals surface area contributed by atoms with Gasteiger partial charge >= 0.3 is 0 Å². The van der Waals surface area contributed by atoms with Crippen LogP contribution in [0.15, 0.2) is 73.1 Å². The van der Waals surface area contributed by atoms with Gasteiger partial charge in [-0.05, 0) is 0 Å². The fourth-order valence-electron chi connectivity index (χ4n) is 2.87. The van der Waals surface area contributed by atoms with Crippen LogP contribution in [0.2, 0.25) is 0 Å². The summed E-state index contributed by atoms with van der Waals surface area (Å²) in [6.45, 7) is 0.0241. The third-order valence-corrected chi connectivity index (χ3v) is 4.81. The zero-order valence-electron chi connectivity index (χ0n) is 17.9. The van der Waals surface area contributed by atoms with E-state index in [9.17, 15) is 0 Å². The lowest BCUT2D eigenvalue weighted by atomic mass is 10.2. The summed E-state index contributed by atoms with van der Waals surface area (Å²) in [6, 6.07) is 20.0. The van der Waals surface area contributed by atoms with E-state index in [-0.39, 0.29) is 19.0 Å². The molecule has 0 bridgehead atoms. The summed E-state index contributed by atoms with van der Waals surface area (Å²) in [5, 5.41) is 9.02. The Hall–Kier alpha value is -1.87. The molecule has 2 heterocycles. The number of halogens is 4. The summed E-state index contributed by atoms with van der Waals surface area (Å²) in [7, 11) is 11.2. The molecule has 178 valence electrons. The van der Waals surface area contributed by atoms with Crippen molar-refractivity contribution < 1.29 is 9.32 Å². The summed E-state index contributed by atoms with van der Waals surface area (Å²) in [5.74, 6) is 2.34. The number of nitrogens with zero attached hydrogens (tertiary/aromatic N) is 4. The molecule has 0 saturated heterocycles. The lowest BCUT2D eigenvalue weighted by Crippen LogP contribution is -1.97. The van der Waals surface area contributed by atoms with Crippen molar-refractivity contribution in [3.8, 4) is 22.8 Å². The SMILES string of the molecule is Cl.Cn1c(CCl)cnc1-c1ccccc1.Cn1c(CO)cnc1-c1ccccc1.O=S(Cl)Cl. The third kappa shape index (κ3) is 8.77. The number of hydrogen-bond donors (Lipinski definition) is 1. The number of aliphatic hydroxyl groups is 1. The number of aliphatic hydroxyl groups excluding tert-OH is 1. The van der Waals surface area contributed by atoms with Crippen LogP contribution in [0.4, 0.5) is 0 Å². The molecule has 4 rings (SSSR count). The molecule has 2 aromatic heterocycles. The Labute approximate surface area is 216 Å². The summed E-state index contributed by atoms with van der Waals surface area (Å²) >= 11 is 5.77. The lowest BCUT2D eigenvalue weighted by molar-refractivity contribution is 0.273. The molecule has 33 heavy (non-hydrogen) atoms. The van der Waals surface area contributed by atoms with Crippen molar-refractivity contribution in [1.82, 2.24) is 19.1 Å². The van der Waals surface area contributed by atoms with Crippen molar-refractivity contribution in [2.75, 3.05) is 0 Å². The average molecular weight is 550 g/mol. The second-order valence-corrected chi connectivity index (χ2v) is 9.26. The molecule has 0 fully saturated rings. The minimum absolute atomic E-state index is 0. The molecule has 2 aromatic carbocycles. The van der Waals surface area contributed by atoms with Crippen LogP contribution in [0.1, 0.15) is 11.4 Å². The van der Waals surface area contributed by atoms with Gasteiger partial charge in [0, 0.05) is 46.6 Å². The van der Waals surface area contributed by atoms with Crippen LogP contribution in [0.5, 0.6) is 0 Å². The third-order valence-electron chi connectivity index (χ3n) is 4.53. The Morgan fingerprint density at radius 2 is 1.18 bits per heavy atom. The number of benzene rings is 2. The van der Waals surface area contributed by atoms with Crippen molar-refractivity contribution in [1.29, 1.82) is 0 Å². The molecule has 0 amide bonds. The first-order chi connectivity index (χ1) is 15.4. The Morgan fingerprint density at radius 3 is 1.48 bits per heavy atom. The topological polar surface area (TPSA) is 72.9 Å². The fourth-order valence-corrected chi connectivity index (χ4v) is 3.12. The van der Waals surface area contributed by atoms with Crippen molar-refractivity contribution in [2.45, 2.75) is 12.5 Å². The van der Waals surface area contributed by atoms with E-state index in [0.717, 1.165) is 34.2 Å². The van der Waals surface area contributed by atoms with E-state index in [0.29, 0.717) is 5.88 Å². The van der Waals surface area contributed by atoms with Crippen molar-refractivity contribution in [3.63, 3.8) is 0 Å². The van der Waals surface area contributed by atoms with Gasteiger partial charge in [0.2, 0.25) is 9.23 Å². The van der Waals surface area contributed by atoms with Crippen LogP contribution in [0.25, 0.3) is 22.8 Å². The van der Waals surface area contributed by atoms with Crippen LogP contribution in [0, 0.1) is 0 Å². The second-order valence-electron chi connectivity index (χ2n) is 6.47. The zero-order chi connectivity index (χ0) is 23.5. The summed E-state index contributed by atoms with van der Waals surface area (Å²) in [4.78, 5) is 8.60. The standard InChI is InChI=1S/C11H11ClN2.C11H12N2O.Cl2OS.ClH/c1-14-10(7-12)8-13-11(14)9-5-3-2-4-6-9;1-13-10(8-14)7-12-11(13)9-5-3-2-4-6-9;1-4(2)3;/h2-6,8H,7H2,1H3;2-7,14H,8H2,1H3;;1H. The highest BCUT2D eigenvalue weighted by molar-refractivity contribution is 8.26. The van der Waals surface area contributed by atoms with E-state index >= 15 is 0 Å². The Balaban J connectivity index is 0.000000278. The highest BCUT2D eigenvalue weighted by Crippen LogP contribution is 2.19. The summed E-state index contributed by atoms with van der Waals surface area (Å²) in [5.41, 5.74) is 4.04. The van der Waals surface area contributed by atoms with Crippen LogP contribution in [-0.2, 0) is 35.8 Å². The van der Waals surface area contributed by atoms with Crippen molar-refractivity contribution in [2.24, 2.45) is 14.1 Å². The van der Waals surface area contributed by atoms with E-state index in [4.69, 9.17) is 20.9 Å². The molecule has 0 aliphatic rings. The number of alkyl halides is 1. The van der Waals surface area contributed by atoms with Crippen LogP contribution >= 0.6 is 45.4 Å². The predicted molar refractivity (Wildman–Crippen MR) is 140 cm³/mol. The molecule has 0 atom stereocenters. The van der Waals surface area contributed by atoms with E-state index in [1.165, 1.54) is 0 Å². The zero-order valence-corrected chi connectivity index (χ0v) is 21.8. The van der Waals surface area contributed by atoms with Gasteiger partial charge in [0.05, 0.1) is 36.3 Å². The molecule has 0 radical (unpaired) electrons. The molecule has 11 heteroatoms. The normalized spacial score (nSPS) is 9.91. The number of rotatable bonds is 4. The van der Waals surface area contributed by atoms with E-state index < -0.39 is 9.23 Å². The van der Waals surface area contributed by atoms with E-state index in [1.807, 2.05) is 90.1 Å². The van der Waals surface area contributed by atoms with Crippen LogP contribution in [0.3, 0.4) is 0 Å². The highest BCUT2D eigenvalue weighted by Gasteiger charge is 2.07. The lowest BCUT2D eigenvalue weighted by Gasteiger charge is -2.03. The van der Waals surface area contributed by atoms with Gasteiger partial charge in [0.25, 0.3) is 0 Å². The van der Waals surface area contributed by atoms with Gasteiger partial charge in [0.15, 0.2) is 0 Å². The first kappa shape index (κ1) is 29.2. The maximum atomic E-state index is 9.09. The van der Waals surface area contributed by atoms with Gasteiger partial charge < -0.3 is 14.2 Å². The Bertz CT molecular complexity index is 1030. The first-order valence-corrected chi connectivity index (χ1v) is 12.8. The smallest absolute Gasteiger partial charge is 0.211 e. The molecule has 4 aromatic rings. The monoisotopic (exact) mass is 548 g/mol. The Kier molecular flexibility index (Phi) is 13.4. The summed E-state index contributed by atoms with van der Waals surface area (Å²) in [6.07, 6.45) is 3.51. The van der Waals surface area contributed by atoms with E-state index in [2.05, 4.69) is 31.3 Å². The van der Waals surface area contributed by atoms with Gasteiger partial charge in [-0.15, -0.1) is 24.0 Å². The minimum atomic E-state index is -1.67. The molecule has 0 saturated carbocycles. The second kappa shape index (κ2) is 15.1. The predicted octanol–water partition coefficient (Wildman–Crippen LogP) is 5.87. The largest absolute Gasteiger partial charge is 0.390 e. The van der Waals surface area contributed by atoms with Gasteiger partial charge in [-0.25, -0.2) is 14.2 Å². The van der Waals surface area contributed by atoms with Crippen molar-refractivity contribution in [3.05, 3.63) is 84.4 Å². The molecular formula is C22H24Cl4N4O2S.